The Morgan fingerprint density at radius 3 is 2.03 bits per heavy atom. The Morgan fingerprint density at radius 1 is 0.886 bits per heavy atom. The highest BCUT2D eigenvalue weighted by Gasteiger charge is 2.30. The number of ether oxygens (including phenoxy) is 1. The van der Waals surface area contributed by atoms with Gasteiger partial charge in [-0.2, -0.15) is 0 Å². The van der Waals surface area contributed by atoms with Gasteiger partial charge in [0, 0.05) is 24.6 Å². The van der Waals surface area contributed by atoms with E-state index >= 15 is 0 Å². The summed E-state index contributed by atoms with van der Waals surface area (Å²) in [4.78, 5) is 35.8. The largest absolute Gasteiger partial charge is 0.481 e. The van der Waals surface area contributed by atoms with E-state index in [0.29, 0.717) is 11.3 Å². The molecule has 0 spiro atoms. The van der Waals surface area contributed by atoms with Gasteiger partial charge in [-0.25, -0.2) is 4.79 Å². The van der Waals surface area contributed by atoms with Crippen molar-refractivity contribution in [3.05, 3.63) is 89.5 Å². The smallest absolute Gasteiger partial charge is 0.407 e. The third-order valence-electron chi connectivity index (χ3n) is 6.39. The second kappa shape index (κ2) is 10.0. The Labute approximate surface area is 204 Å². The zero-order chi connectivity index (χ0) is 25.0. The Balaban J connectivity index is 1.24. The highest BCUT2D eigenvalue weighted by atomic mass is 16.5. The molecule has 3 N–H and O–H groups in total. The summed E-state index contributed by atoms with van der Waals surface area (Å²) in [7, 11) is 0. The van der Waals surface area contributed by atoms with Crippen LogP contribution in [0.5, 0.6) is 0 Å². The topological polar surface area (TPSA) is 105 Å². The van der Waals surface area contributed by atoms with Crippen LogP contribution in [-0.2, 0) is 19.7 Å². The average molecular weight is 473 g/mol. The molecule has 0 atom stereocenters. The third-order valence-corrected chi connectivity index (χ3v) is 6.39. The summed E-state index contributed by atoms with van der Waals surface area (Å²) in [6.45, 7) is 3.59. The van der Waals surface area contributed by atoms with Gasteiger partial charge < -0.3 is 20.5 Å². The molecule has 0 radical (unpaired) electrons. The quantitative estimate of drug-likeness (QED) is 0.432. The average Bonchev–Trinajstić information content (AvgIpc) is 3.17. The number of carbonyl (C=O) groups excluding carboxylic acids is 2. The van der Waals surface area contributed by atoms with E-state index in [1.165, 1.54) is 0 Å². The van der Waals surface area contributed by atoms with Crippen LogP contribution >= 0.6 is 0 Å². The number of alkyl carbamates (subject to hydrolysis) is 1. The van der Waals surface area contributed by atoms with Crippen molar-refractivity contribution in [1.29, 1.82) is 0 Å². The van der Waals surface area contributed by atoms with Crippen molar-refractivity contribution in [2.45, 2.75) is 31.6 Å². The standard InChI is InChI=1S/C28H28N2O5/c1-28(2,26(32)33)18-11-13-19(14-12-18)30-25(31)15-16-29-27(34)35-17-24-22-9-5-3-7-20(22)21-8-4-6-10-23(21)24/h3-14,24H,15-17H2,1-2H3,(H,29,34)(H,30,31)(H,32,33). The molecule has 0 unspecified atom stereocenters. The predicted molar refractivity (Wildman–Crippen MR) is 133 cm³/mol. The first-order valence-electron chi connectivity index (χ1n) is 11.5. The Bertz CT molecular complexity index is 1200. The number of nitrogens with one attached hydrogen (secondary N) is 2. The minimum absolute atomic E-state index is 0.0227. The summed E-state index contributed by atoms with van der Waals surface area (Å²) in [5.74, 6) is -1.21. The maximum Gasteiger partial charge on any atom is 0.407 e. The van der Waals surface area contributed by atoms with Crippen LogP contribution in [0.4, 0.5) is 10.5 Å². The number of rotatable bonds is 8. The molecule has 3 aromatic rings. The summed E-state index contributed by atoms with van der Waals surface area (Å²) in [6, 6.07) is 22.9. The Morgan fingerprint density at radius 2 is 1.46 bits per heavy atom. The van der Waals surface area contributed by atoms with Crippen LogP contribution in [0.2, 0.25) is 0 Å². The van der Waals surface area contributed by atoms with Crippen molar-refractivity contribution in [2.24, 2.45) is 0 Å². The highest BCUT2D eigenvalue weighted by molar-refractivity contribution is 5.91. The van der Waals surface area contributed by atoms with Crippen LogP contribution in [-0.4, -0.2) is 36.2 Å². The fourth-order valence-electron chi connectivity index (χ4n) is 4.24. The molecule has 0 saturated heterocycles. The normalized spacial score (nSPS) is 12.4. The molecule has 2 amide bonds. The second-order valence-electron chi connectivity index (χ2n) is 9.06. The van der Waals surface area contributed by atoms with E-state index in [0.717, 1.165) is 22.3 Å². The van der Waals surface area contributed by atoms with E-state index in [2.05, 4.69) is 34.9 Å². The molecular weight excluding hydrogens is 444 g/mol. The van der Waals surface area contributed by atoms with E-state index in [-0.39, 0.29) is 31.4 Å². The van der Waals surface area contributed by atoms with Crippen LogP contribution in [0.15, 0.2) is 72.8 Å². The van der Waals surface area contributed by atoms with Gasteiger partial charge in [-0.1, -0.05) is 60.7 Å². The van der Waals surface area contributed by atoms with Gasteiger partial charge >= 0.3 is 12.1 Å². The summed E-state index contributed by atoms with van der Waals surface area (Å²) in [5.41, 5.74) is 4.77. The van der Waals surface area contributed by atoms with E-state index < -0.39 is 17.5 Å². The summed E-state index contributed by atoms with van der Waals surface area (Å²) in [5, 5.41) is 14.7. The number of benzene rings is 3. The molecule has 1 aliphatic rings. The number of carboxylic acids is 1. The molecule has 0 heterocycles. The Kier molecular flexibility index (Phi) is 6.87. The molecule has 3 aromatic carbocycles. The van der Waals surface area contributed by atoms with Crippen molar-refractivity contribution in [3.63, 3.8) is 0 Å². The van der Waals surface area contributed by atoms with E-state index in [4.69, 9.17) is 4.74 Å². The number of carboxylic acid groups (broad SMARTS) is 1. The molecule has 35 heavy (non-hydrogen) atoms. The highest BCUT2D eigenvalue weighted by Crippen LogP contribution is 2.44. The van der Waals surface area contributed by atoms with Crippen molar-refractivity contribution in [3.8, 4) is 11.1 Å². The van der Waals surface area contributed by atoms with E-state index in [1.807, 2.05) is 24.3 Å². The molecule has 180 valence electrons. The predicted octanol–water partition coefficient (Wildman–Crippen LogP) is 4.92. The van der Waals surface area contributed by atoms with Crippen molar-refractivity contribution >= 4 is 23.7 Å². The summed E-state index contributed by atoms with van der Waals surface area (Å²) in [6.07, 6.45) is -0.494. The van der Waals surface area contributed by atoms with Gasteiger partial charge in [-0.15, -0.1) is 0 Å². The van der Waals surface area contributed by atoms with Crippen molar-refractivity contribution in [1.82, 2.24) is 5.32 Å². The van der Waals surface area contributed by atoms with Crippen LogP contribution in [0.25, 0.3) is 11.1 Å². The number of aliphatic carboxylic acids is 1. The number of carbonyl (C=O) groups is 3. The molecule has 4 rings (SSSR count). The van der Waals surface area contributed by atoms with Crippen LogP contribution in [0.3, 0.4) is 0 Å². The molecule has 0 bridgehead atoms. The van der Waals surface area contributed by atoms with Gasteiger partial charge in [0.1, 0.15) is 6.61 Å². The second-order valence-corrected chi connectivity index (χ2v) is 9.06. The summed E-state index contributed by atoms with van der Waals surface area (Å²) < 4.78 is 5.47. The molecule has 0 aromatic heterocycles. The zero-order valence-corrected chi connectivity index (χ0v) is 19.7. The number of amides is 2. The maximum atomic E-state index is 12.2. The lowest BCUT2D eigenvalue weighted by molar-refractivity contribution is -0.142. The van der Waals surface area contributed by atoms with Gasteiger partial charge in [0.2, 0.25) is 5.91 Å². The lowest BCUT2D eigenvalue weighted by Gasteiger charge is -2.19. The van der Waals surface area contributed by atoms with E-state index in [1.54, 1.807) is 38.1 Å². The van der Waals surface area contributed by atoms with Crippen LogP contribution in [0.1, 0.15) is 42.9 Å². The van der Waals surface area contributed by atoms with Crippen molar-refractivity contribution < 1.29 is 24.2 Å². The minimum atomic E-state index is -1.02. The van der Waals surface area contributed by atoms with Crippen LogP contribution in [0, 0.1) is 0 Å². The molecule has 0 aliphatic heterocycles. The number of fused-ring (bicyclic) bond motifs is 3. The monoisotopic (exact) mass is 472 g/mol. The molecule has 1 aliphatic carbocycles. The van der Waals surface area contributed by atoms with Gasteiger partial charge in [-0.3, -0.25) is 9.59 Å². The first kappa shape index (κ1) is 24.0. The SMILES string of the molecule is CC(C)(C(=O)O)c1ccc(NC(=O)CCNC(=O)OCC2c3ccccc3-c3ccccc32)cc1. The summed E-state index contributed by atoms with van der Waals surface area (Å²) >= 11 is 0. The molecule has 7 heteroatoms. The first-order valence-corrected chi connectivity index (χ1v) is 11.5. The minimum Gasteiger partial charge on any atom is -0.481 e. The number of hydrogen-bond acceptors (Lipinski definition) is 4. The van der Waals surface area contributed by atoms with Gasteiger partial charge in [-0.05, 0) is 53.8 Å². The maximum absolute atomic E-state index is 12.2. The lowest BCUT2D eigenvalue weighted by Crippen LogP contribution is -2.29. The third kappa shape index (κ3) is 5.19. The van der Waals surface area contributed by atoms with Gasteiger partial charge in [0.15, 0.2) is 0 Å². The van der Waals surface area contributed by atoms with Crippen LogP contribution < -0.4 is 10.6 Å². The van der Waals surface area contributed by atoms with Gasteiger partial charge in [0.05, 0.1) is 5.41 Å². The fraction of sp³-hybridized carbons (Fsp3) is 0.250. The van der Waals surface area contributed by atoms with Gasteiger partial charge in [0.25, 0.3) is 0 Å². The van der Waals surface area contributed by atoms with Crippen molar-refractivity contribution in [2.75, 3.05) is 18.5 Å². The molecule has 7 nitrogen and oxygen atoms in total. The zero-order valence-electron chi connectivity index (χ0n) is 19.7. The molecule has 0 fully saturated rings. The first-order chi connectivity index (χ1) is 16.8. The number of anilines is 1. The lowest BCUT2D eigenvalue weighted by atomic mass is 9.85. The fourth-order valence-corrected chi connectivity index (χ4v) is 4.24. The van der Waals surface area contributed by atoms with E-state index in [9.17, 15) is 19.5 Å². The molecular formula is C28H28N2O5. The number of hydrogen-bond donors (Lipinski definition) is 3. The Hall–Kier alpha value is -4.13. The molecule has 0 saturated carbocycles.